The zero-order valence-electron chi connectivity index (χ0n) is 8.71. The molecule has 14 heavy (non-hydrogen) atoms. The predicted molar refractivity (Wildman–Crippen MR) is 53.5 cm³/mol. The molecule has 0 aromatic carbocycles. The van der Waals surface area contributed by atoms with E-state index in [2.05, 4.69) is 10.7 Å². The van der Waals surface area contributed by atoms with Gasteiger partial charge in [0.05, 0.1) is 6.61 Å². The third-order valence-electron chi connectivity index (χ3n) is 1.94. The second-order valence-electron chi connectivity index (χ2n) is 2.96. The van der Waals surface area contributed by atoms with Crippen LogP contribution < -0.4 is 0 Å². The van der Waals surface area contributed by atoms with E-state index in [4.69, 9.17) is 6.42 Å². The molecule has 1 unspecified atom stereocenters. The first-order valence-electron chi connectivity index (χ1n) is 4.77. The lowest BCUT2D eigenvalue weighted by molar-refractivity contribution is -0.146. The maximum atomic E-state index is 11.5. The largest absolute Gasteiger partial charge is 0.466 e. The topological polar surface area (TPSA) is 43.4 Å². The van der Waals surface area contributed by atoms with E-state index in [1.165, 1.54) is 0 Å². The second-order valence-corrected chi connectivity index (χ2v) is 2.96. The van der Waals surface area contributed by atoms with Crippen molar-refractivity contribution in [2.24, 2.45) is 5.92 Å². The number of hydrogen-bond acceptors (Lipinski definition) is 3. The van der Waals surface area contributed by atoms with Crippen molar-refractivity contribution in [3.8, 4) is 12.3 Å². The number of carbonyl (C=O) groups excluding carboxylic acids is 2. The lowest BCUT2D eigenvalue weighted by Gasteiger charge is -2.09. The number of esters is 1. The minimum Gasteiger partial charge on any atom is -0.466 e. The molecule has 0 aliphatic carbocycles. The summed E-state index contributed by atoms with van der Waals surface area (Å²) in [4.78, 5) is 22.4. The minimum atomic E-state index is -0.465. The molecule has 0 saturated carbocycles. The van der Waals surface area contributed by atoms with E-state index in [1.807, 2.05) is 6.92 Å². The maximum Gasteiger partial charge on any atom is 0.313 e. The normalized spacial score (nSPS) is 11.5. The van der Waals surface area contributed by atoms with Gasteiger partial charge in [0.15, 0.2) is 0 Å². The Morgan fingerprint density at radius 2 is 2.07 bits per heavy atom. The molecule has 0 spiro atoms. The molecule has 0 radical (unpaired) electrons. The molecule has 0 aliphatic heterocycles. The van der Waals surface area contributed by atoms with Crippen LogP contribution in [-0.2, 0) is 14.3 Å². The molecular formula is C11H16O3. The third kappa shape index (κ3) is 4.66. The lowest BCUT2D eigenvalue weighted by Crippen LogP contribution is -2.18. The Morgan fingerprint density at radius 3 is 2.50 bits per heavy atom. The van der Waals surface area contributed by atoms with Gasteiger partial charge in [0.2, 0.25) is 0 Å². The van der Waals surface area contributed by atoms with Gasteiger partial charge in [0.1, 0.15) is 12.2 Å². The Labute approximate surface area is 84.8 Å². The summed E-state index contributed by atoms with van der Waals surface area (Å²) in [6, 6.07) is 0. The summed E-state index contributed by atoms with van der Waals surface area (Å²) < 4.78 is 4.67. The first kappa shape index (κ1) is 12.7. The fourth-order valence-corrected chi connectivity index (χ4v) is 1.13. The van der Waals surface area contributed by atoms with Crippen LogP contribution in [0.3, 0.4) is 0 Å². The third-order valence-corrected chi connectivity index (χ3v) is 1.94. The standard InChI is InChI=1S/C11H16O3/c1-4-7-9(5-2)10(12)8-11(13)14-6-3/h1,9H,5-8H2,2-3H3. The van der Waals surface area contributed by atoms with Gasteiger partial charge in [-0.1, -0.05) is 6.92 Å². The summed E-state index contributed by atoms with van der Waals surface area (Å²) in [6.07, 6.45) is 6.02. The van der Waals surface area contributed by atoms with Gasteiger partial charge in [-0.3, -0.25) is 9.59 Å². The molecule has 1 atom stereocenters. The van der Waals surface area contributed by atoms with Crippen LogP contribution >= 0.6 is 0 Å². The molecule has 3 nitrogen and oxygen atoms in total. The first-order valence-corrected chi connectivity index (χ1v) is 4.77. The lowest BCUT2D eigenvalue weighted by atomic mass is 9.96. The van der Waals surface area contributed by atoms with Crippen molar-refractivity contribution in [3.63, 3.8) is 0 Å². The zero-order valence-corrected chi connectivity index (χ0v) is 8.71. The van der Waals surface area contributed by atoms with Gasteiger partial charge in [-0.25, -0.2) is 0 Å². The Bertz CT molecular complexity index is 237. The van der Waals surface area contributed by atoms with Gasteiger partial charge < -0.3 is 4.74 Å². The highest BCUT2D eigenvalue weighted by Crippen LogP contribution is 2.11. The zero-order chi connectivity index (χ0) is 11.0. The highest BCUT2D eigenvalue weighted by Gasteiger charge is 2.18. The van der Waals surface area contributed by atoms with Gasteiger partial charge in [0.25, 0.3) is 0 Å². The quantitative estimate of drug-likeness (QED) is 0.368. The number of hydrogen-bond donors (Lipinski definition) is 0. The highest BCUT2D eigenvalue weighted by atomic mass is 16.5. The number of Topliss-reactive ketones (excluding diaryl/α,β-unsaturated/α-hetero) is 1. The molecule has 0 fully saturated rings. The summed E-state index contributed by atoms with van der Waals surface area (Å²) >= 11 is 0. The fourth-order valence-electron chi connectivity index (χ4n) is 1.13. The van der Waals surface area contributed by atoms with Crippen LogP contribution in [0.25, 0.3) is 0 Å². The SMILES string of the molecule is C#CCC(CC)C(=O)CC(=O)OCC. The van der Waals surface area contributed by atoms with Gasteiger partial charge in [-0.05, 0) is 13.3 Å². The minimum absolute atomic E-state index is 0.121. The van der Waals surface area contributed by atoms with E-state index in [1.54, 1.807) is 6.92 Å². The van der Waals surface area contributed by atoms with Gasteiger partial charge in [0, 0.05) is 12.3 Å². The first-order chi connectivity index (χ1) is 6.65. The summed E-state index contributed by atoms with van der Waals surface area (Å²) in [5.74, 6) is 1.64. The summed E-state index contributed by atoms with van der Waals surface area (Å²) in [6.45, 7) is 3.89. The molecule has 0 aromatic heterocycles. The number of carbonyl (C=O) groups is 2. The van der Waals surface area contributed by atoms with Crippen molar-refractivity contribution >= 4 is 11.8 Å². The Hall–Kier alpha value is -1.30. The molecule has 0 heterocycles. The van der Waals surface area contributed by atoms with Crippen molar-refractivity contribution in [2.45, 2.75) is 33.1 Å². The number of rotatable bonds is 6. The van der Waals surface area contributed by atoms with Crippen LogP contribution in [0.2, 0.25) is 0 Å². The maximum absolute atomic E-state index is 11.5. The van der Waals surface area contributed by atoms with Crippen molar-refractivity contribution in [1.29, 1.82) is 0 Å². The molecule has 78 valence electrons. The van der Waals surface area contributed by atoms with Gasteiger partial charge in [-0.2, -0.15) is 0 Å². The predicted octanol–water partition coefficient (Wildman–Crippen LogP) is 1.56. The van der Waals surface area contributed by atoms with Crippen LogP contribution in [0.15, 0.2) is 0 Å². The van der Waals surface area contributed by atoms with E-state index < -0.39 is 5.97 Å². The van der Waals surface area contributed by atoms with Crippen molar-refractivity contribution in [1.82, 2.24) is 0 Å². The molecule has 0 saturated heterocycles. The second kappa shape index (κ2) is 7.14. The highest BCUT2D eigenvalue weighted by molar-refractivity contribution is 5.96. The van der Waals surface area contributed by atoms with E-state index in [0.717, 1.165) is 0 Å². The van der Waals surface area contributed by atoms with E-state index in [9.17, 15) is 9.59 Å². The van der Waals surface area contributed by atoms with Crippen molar-refractivity contribution < 1.29 is 14.3 Å². The summed E-state index contributed by atoms with van der Waals surface area (Å²) in [5, 5.41) is 0. The van der Waals surface area contributed by atoms with Crippen molar-refractivity contribution in [2.75, 3.05) is 6.61 Å². The fraction of sp³-hybridized carbons (Fsp3) is 0.636. The number of ketones is 1. The Morgan fingerprint density at radius 1 is 1.43 bits per heavy atom. The molecule has 0 aromatic rings. The molecule has 0 N–H and O–H groups in total. The average Bonchev–Trinajstić information content (AvgIpc) is 2.14. The summed E-state index contributed by atoms with van der Waals surface area (Å²) in [5.41, 5.74) is 0. The smallest absolute Gasteiger partial charge is 0.313 e. The van der Waals surface area contributed by atoms with Crippen LogP contribution in [0, 0.1) is 18.3 Å². The number of ether oxygens (including phenoxy) is 1. The molecular weight excluding hydrogens is 180 g/mol. The number of terminal acetylenes is 1. The van der Waals surface area contributed by atoms with E-state index >= 15 is 0 Å². The van der Waals surface area contributed by atoms with Gasteiger partial charge >= 0.3 is 5.97 Å². The van der Waals surface area contributed by atoms with Gasteiger partial charge in [-0.15, -0.1) is 12.3 Å². The van der Waals surface area contributed by atoms with Crippen LogP contribution in [0.1, 0.15) is 33.1 Å². The molecule has 0 aliphatic rings. The van der Waals surface area contributed by atoms with E-state index in [0.29, 0.717) is 19.4 Å². The monoisotopic (exact) mass is 196 g/mol. The molecule has 0 rings (SSSR count). The molecule has 0 amide bonds. The average molecular weight is 196 g/mol. The molecule has 3 heteroatoms. The van der Waals surface area contributed by atoms with Crippen LogP contribution in [-0.4, -0.2) is 18.4 Å². The van der Waals surface area contributed by atoms with Crippen LogP contribution in [0.5, 0.6) is 0 Å². The molecule has 0 bridgehead atoms. The summed E-state index contributed by atoms with van der Waals surface area (Å²) in [7, 11) is 0. The Balaban J connectivity index is 4.05. The Kier molecular flexibility index (Phi) is 6.47. The van der Waals surface area contributed by atoms with Crippen molar-refractivity contribution in [3.05, 3.63) is 0 Å². The van der Waals surface area contributed by atoms with E-state index in [-0.39, 0.29) is 18.1 Å². The van der Waals surface area contributed by atoms with Crippen LogP contribution in [0.4, 0.5) is 0 Å².